The molecule has 0 spiro atoms. The predicted molar refractivity (Wildman–Crippen MR) is 83.3 cm³/mol. The zero-order valence-electron chi connectivity index (χ0n) is 12.4. The molecule has 1 heterocycles. The molecule has 0 fully saturated rings. The lowest BCUT2D eigenvalue weighted by molar-refractivity contribution is 0.301. The van der Waals surface area contributed by atoms with Crippen LogP contribution in [0.25, 0.3) is 0 Å². The van der Waals surface area contributed by atoms with Gasteiger partial charge in [0.05, 0.1) is 5.69 Å². The maximum atomic E-state index is 5.80. The summed E-state index contributed by atoms with van der Waals surface area (Å²) in [5, 5.41) is 3.35. The normalized spacial score (nSPS) is 10.3. The van der Waals surface area contributed by atoms with Gasteiger partial charge >= 0.3 is 0 Å². The molecule has 1 aromatic carbocycles. The molecule has 0 aliphatic rings. The van der Waals surface area contributed by atoms with E-state index in [1.165, 1.54) is 11.1 Å². The van der Waals surface area contributed by atoms with Gasteiger partial charge in [-0.2, -0.15) is 0 Å². The van der Waals surface area contributed by atoms with Crippen LogP contribution in [-0.2, 0) is 6.61 Å². The van der Waals surface area contributed by atoms with E-state index >= 15 is 0 Å². The van der Waals surface area contributed by atoms with Gasteiger partial charge in [0.25, 0.3) is 0 Å². The van der Waals surface area contributed by atoms with Crippen molar-refractivity contribution in [1.29, 1.82) is 0 Å². The highest BCUT2D eigenvalue weighted by Gasteiger charge is 2.01. The van der Waals surface area contributed by atoms with Crippen LogP contribution in [0.5, 0.6) is 5.75 Å². The molecule has 2 aromatic rings. The van der Waals surface area contributed by atoms with Crippen molar-refractivity contribution in [2.24, 2.45) is 0 Å². The van der Waals surface area contributed by atoms with E-state index in [1.54, 1.807) is 0 Å². The predicted octanol–water partition coefficient (Wildman–Crippen LogP) is 4.10. The number of pyridine rings is 1. The molecule has 0 aliphatic heterocycles. The zero-order chi connectivity index (χ0) is 14.4. The fourth-order valence-corrected chi connectivity index (χ4v) is 1.90. The molecule has 20 heavy (non-hydrogen) atoms. The van der Waals surface area contributed by atoms with Crippen molar-refractivity contribution in [2.45, 2.75) is 33.8 Å². The van der Waals surface area contributed by atoms with Crippen LogP contribution in [-0.4, -0.2) is 11.5 Å². The van der Waals surface area contributed by atoms with Crippen molar-refractivity contribution in [3.05, 3.63) is 53.3 Å². The minimum Gasteiger partial charge on any atom is -0.487 e. The molecular weight excluding hydrogens is 248 g/mol. The molecule has 3 heteroatoms. The number of aromatic nitrogens is 1. The summed E-state index contributed by atoms with van der Waals surface area (Å²) in [6, 6.07) is 10.2. The summed E-state index contributed by atoms with van der Waals surface area (Å²) < 4.78 is 5.80. The third kappa shape index (κ3) is 3.98. The second-order valence-corrected chi connectivity index (χ2v) is 5.00. The molecule has 0 saturated carbocycles. The standard InChI is InChI=1S/C17H22N2O/c1-4-8-18-15-7-9-19-16(11-15)12-20-17-6-5-13(2)14(3)10-17/h5-7,9-11H,4,8,12H2,1-3H3,(H,18,19). The second kappa shape index (κ2) is 6.94. The van der Waals surface area contributed by atoms with Crippen LogP contribution in [0.4, 0.5) is 5.69 Å². The first-order valence-corrected chi connectivity index (χ1v) is 7.08. The van der Waals surface area contributed by atoms with Crippen LogP contribution >= 0.6 is 0 Å². The van der Waals surface area contributed by atoms with E-state index in [4.69, 9.17) is 4.74 Å². The van der Waals surface area contributed by atoms with E-state index in [2.05, 4.69) is 43.2 Å². The Morgan fingerprint density at radius 3 is 2.70 bits per heavy atom. The summed E-state index contributed by atoms with van der Waals surface area (Å²) >= 11 is 0. The molecule has 0 aliphatic carbocycles. The van der Waals surface area contributed by atoms with E-state index < -0.39 is 0 Å². The zero-order valence-corrected chi connectivity index (χ0v) is 12.4. The van der Waals surface area contributed by atoms with Crippen LogP contribution in [0.1, 0.15) is 30.2 Å². The molecule has 0 bridgehead atoms. The van der Waals surface area contributed by atoms with Crippen molar-refractivity contribution >= 4 is 5.69 Å². The number of nitrogens with zero attached hydrogens (tertiary/aromatic N) is 1. The number of aryl methyl sites for hydroxylation is 2. The number of rotatable bonds is 6. The Kier molecular flexibility index (Phi) is 4.99. The Morgan fingerprint density at radius 2 is 1.95 bits per heavy atom. The van der Waals surface area contributed by atoms with Gasteiger partial charge in [-0.25, -0.2) is 0 Å². The van der Waals surface area contributed by atoms with Gasteiger partial charge in [-0.15, -0.1) is 0 Å². The van der Waals surface area contributed by atoms with Gasteiger partial charge in [-0.05, 0) is 55.7 Å². The Bertz CT molecular complexity index is 567. The van der Waals surface area contributed by atoms with E-state index in [9.17, 15) is 0 Å². The number of hydrogen-bond acceptors (Lipinski definition) is 3. The average Bonchev–Trinajstić information content (AvgIpc) is 2.47. The Morgan fingerprint density at radius 1 is 1.10 bits per heavy atom. The Hall–Kier alpha value is -2.03. The first kappa shape index (κ1) is 14.4. The first-order valence-electron chi connectivity index (χ1n) is 7.08. The van der Waals surface area contributed by atoms with Gasteiger partial charge in [-0.3, -0.25) is 4.98 Å². The van der Waals surface area contributed by atoms with E-state index in [-0.39, 0.29) is 0 Å². The molecule has 106 valence electrons. The molecular formula is C17H22N2O. The highest BCUT2D eigenvalue weighted by molar-refractivity contribution is 5.43. The minimum atomic E-state index is 0.490. The Labute approximate surface area is 121 Å². The van der Waals surface area contributed by atoms with Gasteiger partial charge in [0.2, 0.25) is 0 Å². The van der Waals surface area contributed by atoms with Crippen molar-refractivity contribution < 1.29 is 4.74 Å². The van der Waals surface area contributed by atoms with Crippen molar-refractivity contribution in [1.82, 2.24) is 4.98 Å². The molecule has 0 atom stereocenters. The van der Waals surface area contributed by atoms with Crippen LogP contribution in [0, 0.1) is 13.8 Å². The monoisotopic (exact) mass is 270 g/mol. The molecule has 1 N–H and O–H groups in total. The molecule has 0 saturated heterocycles. The molecule has 2 rings (SSSR count). The van der Waals surface area contributed by atoms with Crippen LogP contribution < -0.4 is 10.1 Å². The third-order valence-electron chi connectivity index (χ3n) is 3.26. The lowest BCUT2D eigenvalue weighted by Crippen LogP contribution is -2.03. The quantitative estimate of drug-likeness (QED) is 0.858. The van der Waals surface area contributed by atoms with Crippen LogP contribution in [0.3, 0.4) is 0 Å². The first-order chi connectivity index (χ1) is 9.69. The highest BCUT2D eigenvalue weighted by Crippen LogP contribution is 2.18. The number of ether oxygens (including phenoxy) is 1. The van der Waals surface area contributed by atoms with Crippen LogP contribution in [0.2, 0.25) is 0 Å². The van der Waals surface area contributed by atoms with Gasteiger partial charge in [-0.1, -0.05) is 13.0 Å². The lowest BCUT2D eigenvalue weighted by Gasteiger charge is -2.09. The van der Waals surface area contributed by atoms with Crippen molar-refractivity contribution in [3.8, 4) is 5.75 Å². The van der Waals surface area contributed by atoms with Gasteiger partial charge < -0.3 is 10.1 Å². The number of benzene rings is 1. The summed E-state index contributed by atoms with van der Waals surface area (Å²) in [4.78, 5) is 4.34. The van der Waals surface area contributed by atoms with E-state index in [0.717, 1.165) is 30.1 Å². The fourth-order valence-electron chi connectivity index (χ4n) is 1.90. The topological polar surface area (TPSA) is 34.2 Å². The highest BCUT2D eigenvalue weighted by atomic mass is 16.5. The molecule has 0 unspecified atom stereocenters. The maximum absolute atomic E-state index is 5.80. The smallest absolute Gasteiger partial charge is 0.130 e. The lowest BCUT2D eigenvalue weighted by atomic mass is 10.1. The SMILES string of the molecule is CCCNc1ccnc(COc2ccc(C)c(C)c2)c1. The summed E-state index contributed by atoms with van der Waals surface area (Å²) in [7, 11) is 0. The molecule has 0 amide bonds. The summed E-state index contributed by atoms with van der Waals surface area (Å²) in [6.07, 6.45) is 2.92. The fraction of sp³-hybridized carbons (Fsp3) is 0.353. The van der Waals surface area contributed by atoms with Crippen molar-refractivity contribution in [3.63, 3.8) is 0 Å². The third-order valence-corrected chi connectivity index (χ3v) is 3.26. The van der Waals surface area contributed by atoms with Crippen molar-refractivity contribution in [2.75, 3.05) is 11.9 Å². The van der Waals surface area contributed by atoms with Gasteiger partial charge in [0.15, 0.2) is 0 Å². The largest absolute Gasteiger partial charge is 0.487 e. The van der Waals surface area contributed by atoms with Gasteiger partial charge in [0.1, 0.15) is 12.4 Å². The molecule has 3 nitrogen and oxygen atoms in total. The summed E-state index contributed by atoms with van der Waals surface area (Å²) in [5.41, 5.74) is 4.56. The molecule has 1 aromatic heterocycles. The maximum Gasteiger partial charge on any atom is 0.130 e. The number of anilines is 1. The van der Waals surface area contributed by atoms with E-state index in [0.29, 0.717) is 6.61 Å². The average molecular weight is 270 g/mol. The molecule has 0 radical (unpaired) electrons. The summed E-state index contributed by atoms with van der Waals surface area (Å²) in [6.45, 7) is 7.81. The minimum absolute atomic E-state index is 0.490. The summed E-state index contributed by atoms with van der Waals surface area (Å²) in [5.74, 6) is 0.891. The number of hydrogen-bond donors (Lipinski definition) is 1. The second-order valence-electron chi connectivity index (χ2n) is 5.00. The number of nitrogens with one attached hydrogen (secondary N) is 1. The van der Waals surface area contributed by atoms with E-state index in [1.807, 2.05) is 24.4 Å². The Balaban J connectivity index is 1.97. The van der Waals surface area contributed by atoms with Crippen LogP contribution in [0.15, 0.2) is 36.5 Å². The van der Waals surface area contributed by atoms with Gasteiger partial charge in [0, 0.05) is 18.4 Å².